The Labute approximate surface area is 104 Å². The Morgan fingerprint density at radius 1 is 1.50 bits per heavy atom. The molecule has 1 aliphatic heterocycles. The molecule has 0 aliphatic carbocycles. The van der Waals surface area contributed by atoms with E-state index in [0.717, 1.165) is 29.2 Å². The molecule has 2 aromatic heterocycles. The van der Waals surface area contributed by atoms with Crippen LogP contribution in [0.3, 0.4) is 0 Å². The lowest BCUT2D eigenvalue weighted by atomic mass is 9.90. The number of aryl methyl sites for hydroxylation is 2. The highest BCUT2D eigenvalue weighted by molar-refractivity contribution is 5.94. The molecule has 18 heavy (non-hydrogen) atoms. The first-order chi connectivity index (χ1) is 8.69. The van der Waals surface area contributed by atoms with Gasteiger partial charge in [-0.3, -0.25) is 9.89 Å². The van der Waals surface area contributed by atoms with Crippen LogP contribution >= 0.6 is 0 Å². The van der Waals surface area contributed by atoms with Gasteiger partial charge < -0.3 is 10.3 Å². The molecule has 0 saturated heterocycles. The zero-order valence-electron chi connectivity index (χ0n) is 10.4. The van der Waals surface area contributed by atoms with Crippen molar-refractivity contribution in [3.63, 3.8) is 0 Å². The Bertz CT molecular complexity index is 597. The zero-order valence-corrected chi connectivity index (χ0v) is 10.4. The molecule has 1 aliphatic rings. The first kappa shape index (κ1) is 11.0. The van der Waals surface area contributed by atoms with Crippen LogP contribution in [-0.2, 0) is 11.2 Å². The Kier molecular flexibility index (Phi) is 2.43. The third-order valence-corrected chi connectivity index (χ3v) is 3.33. The van der Waals surface area contributed by atoms with Crippen molar-refractivity contribution < 1.29 is 4.79 Å². The fourth-order valence-corrected chi connectivity index (χ4v) is 2.43. The van der Waals surface area contributed by atoms with Gasteiger partial charge in [-0.2, -0.15) is 5.10 Å². The number of imidazole rings is 1. The van der Waals surface area contributed by atoms with Gasteiger partial charge in [-0.15, -0.1) is 0 Å². The maximum Gasteiger partial charge on any atom is 0.226 e. The standard InChI is InChI=1S/C12H15N5O/c1-3-9-14-6(2)11(15-9)7-4-10(18)16-12-8(7)5-13-17-12/h5,7H,3-4H2,1-2H3,(H,14,15)(H2,13,16,17,18)/t7-/m0/s1. The van der Waals surface area contributed by atoms with Crippen molar-refractivity contribution in [2.45, 2.75) is 32.6 Å². The molecule has 3 heterocycles. The van der Waals surface area contributed by atoms with E-state index in [1.807, 2.05) is 6.92 Å². The van der Waals surface area contributed by atoms with Crippen LogP contribution in [0.1, 0.15) is 42.0 Å². The number of carbonyl (C=O) groups is 1. The Morgan fingerprint density at radius 2 is 2.33 bits per heavy atom. The predicted molar refractivity (Wildman–Crippen MR) is 66.4 cm³/mol. The van der Waals surface area contributed by atoms with E-state index in [9.17, 15) is 4.79 Å². The number of hydrogen-bond donors (Lipinski definition) is 3. The lowest BCUT2D eigenvalue weighted by Crippen LogP contribution is -2.23. The molecule has 0 spiro atoms. The minimum absolute atomic E-state index is 0.00259. The number of aromatic nitrogens is 4. The fraction of sp³-hybridized carbons (Fsp3) is 0.417. The molecule has 3 N–H and O–H groups in total. The highest BCUT2D eigenvalue weighted by Crippen LogP contribution is 2.36. The van der Waals surface area contributed by atoms with Crippen LogP contribution in [-0.4, -0.2) is 26.1 Å². The number of amides is 1. The minimum Gasteiger partial charge on any atom is -0.346 e. The molecular weight excluding hydrogens is 230 g/mol. The van der Waals surface area contributed by atoms with Gasteiger partial charge >= 0.3 is 0 Å². The number of aromatic amines is 2. The summed E-state index contributed by atoms with van der Waals surface area (Å²) >= 11 is 0. The summed E-state index contributed by atoms with van der Waals surface area (Å²) in [6.07, 6.45) is 3.04. The molecule has 0 unspecified atom stereocenters. The monoisotopic (exact) mass is 245 g/mol. The highest BCUT2D eigenvalue weighted by Gasteiger charge is 2.30. The van der Waals surface area contributed by atoms with Crippen molar-refractivity contribution in [1.82, 2.24) is 20.2 Å². The van der Waals surface area contributed by atoms with Crippen LogP contribution in [0.2, 0.25) is 0 Å². The van der Waals surface area contributed by atoms with Gasteiger partial charge in [0.05, 0.1) is 11.9 Å². The van der Waals surface area contributed by atoms with Crippen molar-refractivity contribution in [1.29, 1.82) is 0 Å². The second-order valence-electron chi connectivity index (χ2n) is 4.55. The van der Waals surface area contributed by atoms with Crippen molar-refractivity contribution in [2.75, 3.05) is 5.32 Å². The van der Waals surface area contributed by atoms with Crippen LogP contribution in [0.15, 0.2) is 6.20 Å². The summed E-state index contributed by atoms with van der Waals surface area (Å²) in [6.45, 7) is 4.05. The molecule has 6 nitrogen and oxygen atoms in total. The lowest BCUT2D eigenvalue weighted by molar-refractivity contribution is -0.116. The van der Waals surface area contributed by atoms with Gasteiger partial charge in [-0.05, 0) is 6.92 Å². The van der Waals surface area contributed by atoms with E-state index in [1.165, 1.54) is 0 Å². The van der Waals surface area contributed by atoms with Gasteiger partial charge in [-0.1, -0.05) is 6.92 Å². The number of carbonyl (C=O) groups excluding carboxylic acids is 1. The molecule has 0 radical (unpaired) electrons. The Hall–Kier alpha value is -2.11. The zero-order chi connectivity index (χ0) is 12.7. The number of nitrogens with one attached hydrogen (secondary N) is 3. The number of fused-ring (bicyclic) bond motifs is 1. The predicted octanol–water partition coefficient (Wildman–Crippen LogP) is 1.48. The largest absolute Gasteiger partial charge is 0.346 e. The summed E-state index contributed by atoms with van der Waals surface area (Å²) < 4.78 is 0. The first-order valence-electron chi connectivity index (χ1n) is 6.07. The average Bonchev–Trinajstić information content (AvgIpc) is 2.94. The summed E-state index contributed by atoms with van der Waals surface area (Å²) in [5.74, 6) is 1.64. The quantitative estimate of drug-likeness (QED) is 0.749. The Balaban J connectivity index is 2.07. The number of hydrogen-bond acceptors (Lipinski definition) is 3. The van der Waals surface area contributed by atoms with Crippen molar-refractivity contribution in [3.8, 4) is 0 Å². The highest BCUT2D eigenvalue weighted by atomic mass is 16.1. The molecule has 1 amide bonds. The minimum atomic E-state index is -0.0101. The van der Waals surface area contributed by atoms with Gasteiger partial charge in [0.15, 0.2) is 0 Å². The van der Waals surface area contributed by atoms with Crippen molar-refractivity contribution >= 4 is 11.7 Å². The lowest BCUT2D eigenvalue weighted by Gasteiger charge is -2.20. The topological polar surface area (TPSA) is 86.5 Å². The molecule has 94 valence electrons. The Morgan fingerprint density at radius 3 is 3.06 bits per heavy atom. The van der Waals surface area contributed by atoms with Crippen molar-refractivity contribution in [2.24, 2.45) is 0 Å². The van der Waals surface area contributed by atoms with Gasteiger partial charge in [0.1, 0.15) is 11.6 Å². The van der Waals surface area contributed by atoms with Crippen molar-refractivity contribution in [3.05, 3.63) is 29.0 Å². The van der Waals surface area contributed by atoms with Crippen LogP contribution in [0.25, 0.3) is 0 Å². The van der Waals surface area contributed by atoms with Crippen LogP contribution in [0.4, 0.5) is 5.82 Å². The number of nitrogens with zero attached hydrogens (tertiary/aromatic N) is 2. The first-order valence-corrected chi connectivity index (χ1v) is 6.07. The number of H-pyrrole nitrogens is 2. The number of anilines is 1. The maximum atomic E-state index is 11.7. The third-order valence-electron chi connectivity index (χ3n) is 3.33. The van der Waals surface area contributed by atoms with E-state index in [-0.39, 0.29) is 11.8 Å². The van der Waals surface area contributed by atoms with Gasteiger partial charge in [-0.25, -0.2) is 4.98 Å². The normalized spacial score (nSPS) is 18.6. The maximum absolute atomic E-state index is 11.7. The van der Waals surface area contributed by atoms with Gasteiger partial charge in [0, 0.05) is 30.0 Å². The molecule has 0 aromatic carbocycles. The average molecular weight is 245 g/mol. The molecule has 6 heteroatoms. The van der Waals surface area contributed by atoms with Gasteiger partial charge in [0.2, 0.25) is 5.91 Å². The summed E-state index contributed by atoms with van der Waals surface area (Å²) in [6, 6.07) is 0. The molecule has 3 rings (SSSR count). The summed E-state index contributed by atoms with van der Waals surface area (Å²) in [5.41, 5.74) is 2.98. The molecule has 0 saturated carbocycles. The molecule has 0 bridgehead atoms. The molecule has 0 fully saturated rings. The van der Waals surface area contributed by atoms with Gasteiger partial charge in [0.25, 0.3) is 0 Å². The second-order valence-corrected chi connectivity index (χ2v) is 4.55. The summed E-state index contributed by atoms with van der Waals surface area (Å²) in [5, 5.41) is 9.59. The van der Waals surface area contributed by atoms with Crippen LogP contribution in [0, 0.1) is 6.92 Å². The summed E-state index contributed by atoms with van der Waals surface area (Å²) in [4.78, 5) is 19.5. The van der Waals surface area contributed by atoms with E-state index in [4.69, 9.17) is 0 Å². The molecule has 2 aromatic rings. The van der Waals surface area contributed by atoms with E-state index >= 15 is 0 Å². The SMILES string of the molecule is CCc1nc([C@H]2CC(=O)Nc3[nH]ncc32)c(C)[nH]1. The van der Waals surface area contributed by atoms with E-state index < -0.39 is 0 Å². The van der Waals surface area contributed by atoms with Crippen LogP contribution in [0.5, 0.6) is 0 Å². The fourth-order valence-electron chi connectivity index (χ4n) is 2.43. The van der Waals surface area contributed by atoms with Crippen LogP contribution < -0.4 is 5.32 Å². The van der Waals surface area contributed by atoms with E-state index in [2.05, 4.69) is 32.4 Å². The smallest absolute Gasteiger partial charge is 0.226 e. The molecule has 1 atom stereocenters. The van der Waals surface area contributed by atoms with E-state index in [0.29, 0.717) is 12.2 Å². The van der Waals surface area contributed by atoms with E-state index in [1.54, 1.807) is 6.20 Å². The number of rotatable bonds is 2. The summed E-state index contributed by atoms with van der Waals surface area (Å²) in [7, 11) is 0. The second kappa shape index (κ2) is 3.97. The molecular formula is C12H15N5O. The third kappa shape index (κ3) is 1.61.